The first kappa shape index (κ1) is 112. The molecule has 0 amide bonds. The number of ether oxygens (including phenoxy) is 10. The van der Waals surface area contributed by atoms with Gasteiger partial charge in [-0.05, 0) is 60.7 Å². The summed E-state index contributed by atoms with van der Waals surface area (Å²) in [7, 11) is 0. The molecule has 0 saturated carbocycles. The normalized spacial score (nSPS) is 10.1. The molecule has 10 bridgehead atoms. The molecule has 0 aliphatic heterocycles. The maximum Gasteiger partial charge on any atom is 0.341 e. The highest BCUT2D eigenvalue weighted by Gasteiger charge is 2.27. The Labute approximate surface area is 666 Å². The van der Waals surface area contributed by atoms with Gasteiger partial charge in [-0.2, -0.15) is 0 Å². The summed E-state index contributed by atoms with van der Waals surface area (Å²) >= 11 is 0. The van der Waals surface area contributed by atoms with Gasteiger partial charge in [-0.3, -0.25) is 0 Å². The number of nitrogens with zero attached hydrogens (tertiary/aromatic N) is 2. The summed E-state index contributed by atoms with van der Waals surface area (Å²) < 4.78 is 62.0. The third-order valence-corrected chi connectivity index (χ3v) is 14.3. The van der Waals surface area contributed by atoms with Crippen LogP contribution in [0.5, 0.6) is 57.5 Å². The highest BCUT2D eigenvalue weighted by Crippen LogP contribution is 2.43. The van der Waals surface area contributed by atoms with Gasteiger partial charge in [-0.1, -0.05) is 12.1 Å². The maximum absolute atomic E-state index is 12.1. The predicted molar refractivity (Wildman–Crippen MR) is 390 cm³/mol. The molecule has 42 nitrogen and oxygen atoms in total. The third-order valence-electron chi connectivity index (χ3n) is 14.3. The van der Waals surface area contributed by atoms with E-state index >= 15 is 0 Å². The molecule has 10 aliphatic carbocycles. The number of carboxylic acids is 10. The van der Waals surface area contributed by atoms with Crippen LogP contribution in [-0.4, -0.2) is 177 Å². The van der Waals surface area contributed by atoms with E-state index in [-0.39, 0.29) is 209 Å². The van der Waals surface area contributed by atoms with Crippen LogP contribution in [-0.2, 0) is 93.1 Å². The lowest BCUT2D eigenvalue weighted by Crippen LogP contribution is -3.00. The van der Waals surface area contributed by atoms with E-state index in [1.54, 1.807) is 0 Å². The number of carboxylic acid groups (broad SMARTS) is 10. The van der Waals surface area contributed by atoms with E-state index in [2.05, 4.69) is 70.3 Å². The van der Waals surface area contributed by atoms with Gasteiger partial charge in [0.25, 0.3) is 0 Å². The largest absolute Gasteiger partial charge is 1.00 e. The Balaban J connectivity index is -0.000000907. The van der Waals surface area contributed by atoms with E-state index in [1.165, 1.54) is 73.5 Å². The maximum atomic E-state index is 12.1. The molecule has 113 heavy (non-hydrogen) atoms. The van der Waals surface area contributed by atoms with Crippen LogP contribution in [0.2, 0.25) is 0 Å². The standard InChI is InChI=1S/C55H50O30.C14H18N2.2BrH.10H3N/c56-46(57)16-76-36-8-28-2-30-10-42(82-22-52(68)69)32(12-40(30)80-20-50(64)65)4-34-14-45(85-25-55(74)75)35(15-44(34)84-24-54(72)73)5-33-13-41(81-21-51(66)67)31(11-43(33)83-23-53(70)71)3-29-9-37(77-17-47(58)59)27(7-39(29)79-19-49(62)63)1-26(36)6-38(28)78-18-48(60)61;1-3-9-15(10-4-1)13-7-8-14-16-11-5-2-6-12-16;;;;;;;;;;;;/h6-15H,1-5,16-25H2,(H,56,57)(H,58,59)(H,60,61)(H,62,63)(H,64,65)(H,66,67)(H,68,69)(H,70,71)(H,72,73)(H,74,75);1-6,9-12H,7-8,13-14H2;2*1H;10*1H3/q;+2;;;;;;;;;;;;/p-2. The Kier molecular flexibility index (Phi) is 54.4. The van der Waals surface area contributed by atoms with Crippen LogP contribution < -0.4 is 152 Å². The molecule has 7 aromatic rings. The quantitative estimate of drug-likeness (QED) is 0.0183. The lowest BCUT2D eigenvalue weighted by molar-refractivity contribution is -0.708. The number of aliphatic carboxylic acids is 10. The molecule has 2 heterocycles. The number of pyridine rings is 2. The van der Waals surface area contributed by atoms with Gasteiger partial charge >= 0.3 is 59.7 Å². The number of carbonyl (C=O) groups is 10. The highest BCUT2D eigenvalue weighted by molar-refractivity contribution is 5.74. The molecule has 628 valence electrons. The van der Waals surface area contributed by atoms with Crippen LogP contribution >= 0.6 is 0 Å². The zero-order valence-electron chi connectivity index (χ0n) is 61.3. The lowest BCUT2D eigenvalue weighted by atomic mass is 9.94. The molecule has 17 rings (SSSR count). The number of hydrogen-bond donors (Lipinski definition) is 20. The van der Waals surface area contributed by atoms with Gasteiger partial charge in [-0.25, -0.2) is 57.1 Å². The average Bonchev–Trinajstić information content (AvgIpc) is 1.51. The van der Waals surface area contributed by atoms with Gasteiger partial charge in [-0.15, -0.1) is 0 Å². The summed E-state index contributed by atoms with van der Waals surface area (Å²) in [6.45, 7) is -8.10. The van der Waals surface area contributed by atoms with E-state index < -0.39 is 158 Å². The summed E-state index contributed by atoms with van der Waals surface area (Å²) in [6.07, 6.45) is 8.54. The van der Waals surface area contributed by atoms with Crippen molar-refractivity contribution >= 4 is 59.7 Å². The number of aryl methyl sites for hydroxylation is 2. The van der Waals surface area contributed by atoms with Gasteiger partial charge in [0, 0.05) is 125 Å². The van der Waals surface area contributed by atoms with Crippen molar-refractivity contribution in [2.45, 2.75) is 58.0 Å². The van der Waals surface area contributed by atoms with Crippen molar-refractivity contribution in [3.05, 3.63) is 177 Å². The fourth-order valence-corrected chi connectivity index (χ4v) is 10.1. The Morgan fingerprint density at radius 2 is 0.336 bits per heavy atom. The van der Waals surface area contributed by atoms with Crippen molar-refractivity contribution in [1.82, 2.24) is 61.5 Å². The van der Waals surface area contributed by atoms with E-state index in [4.69, 9.17) is 47.4 Å². The fraction of sp³-hybridized carbons (Fsp3) is 0.275. The van der Waals surface area contributed by atoms with Gasteiger partial charge in [0.05, 0.1) is 0 Å². The smallest absolute Gasteiger partial charge is 0.341 e. The Bertz CT molecular complexity index is 3450. The Morgan fingerprint density at radius 3 is 0.442 bits per heavy atom. The number of rotatable bonds is 35. The molecule has 0 unspecified atom stereocenters. The van der Waals surface area contributed by atoms with E-state index in [9.17, 15) is 99.0 Å². The van der Waals surface area contributed by atoms with Gasteiger partial charge in [0.15, 0.2) is 90.9 Å². The van der Waals surface area contributed by atoms with Crippen molar-refractivity contribution in [1.29, 1.82) is 0 Å². The molecule has 0 saturated heterocycles. The molecule has 5 aromatic carbocycles. The van der Waals surface area contributed by atoms with E-state index in [0.29, 0.717) is 0 Å². The number of hydrogen-bond acceptors (Lipinski definition) is 30. The minimum absolute atomic E-state index is 0. The number of unbranched alkanes of at least 4 members (excludes halogenated alkanes) is 1. The summed E-state index contributed by atoms with van der Waals surface area (Å²) in [5, 5.41) is 98.0. The van der Waals surface area contributed by atoms with Gasteiger partial charge in [0.1, 0.15) is 70.6 Å². The zero-order valence-corrected chi connectivity index (χ0v) is 64.5. The molecule has 40 N–H and O–H groups in total. The molecule has 10 aliphatic rings. The van der Waals surface area contributed by atoms with Crippen LogP contribution in [0.15, 0.2) is 122 Å². The minimum Gasteiger partial charge on any atom is -1.00 e. The SMILES string of the molecule is N.N.N.N.N.N.N.N.N.N.O=C(O)COc1cc2c(OCC(=O)O)cc1Cc1cc(OCC(=O)O)c(cc1OCC(=O)O)Cc1cc(OCC(=O)O)c(cc1OCC(=O)O)Cc1cc(OCC(=O)O)c(cc1OCC(=O)O)Cc1cc(OCC(=O)O)c(cc1OCC(=O)O)C2.[Br-].[Br-].c1cc[n+](CCCC[n+]2ccccc2)cc1. The van der Waals surface area contributed by atoms with Gasteiger partial charge < -0.3 is 194 Å². The van der Waals surface area contributed by atoms with Crippen molar-refractivity contribution in [3.8, 4) is 57.5 Å². The summed E-state index contributed by atoms with van der Waals surface area (Å²) in [5.74, 6) is -17.8. The Morgan fingerprint density at radius 1 is 0.221 bits per heavy atom. The number of aromatic nitrogens is 2. The first-order valence-corrected chi connectivity index (χ1v) is 30.4. The molecule has 0 fully saturated rings. The molecular weight excluding hydrogens is 1640 g/mol. The summed E-state index contributed by atoms with van der Waals surface area (Å²) in [5.41, 5.74) is -0.325. The molecule has 44 heteroatoms. The van der Waals surface area contributed by atoms with Crippen molar-refractivity contribution in [2.75, 3.05) is 66.1 Å². The van der Waals surface area contributed by atoms with Crippen LogP contribution in [0.3, 0.4) is 0 Å². The summed E-state index contributed by atoms with van der Waals surface area (Å²) in [4.78, 5) is 121. The molecule has 2 aromatic heterocycles. The molecule has 0 radical (unpaired) electrons. The first-order valence-electron chi connectivity index (χ1n) is 30.4. The zero-order chi connectivity index (χ0) is 73.1. The van der Waals surface area contributed by atoms with E-state index in [0.717, 1.165) is 13.1 Å². The van der Waals surface area contributed by atoms with Crippen LogP contribution in [0.1, 0.15) is 68.5 Å². The van der Waals surface area contributed by atoms with Crippen LogP contribution in [0.4, 0.5) is 0 Å². The lowest BCUT2D eigenvalue weighted by Gasteiger charge is -2.21. The van der Waals surface area contributed by atoms with Crippen molar-refractivity contribution in [2.24, 2.45) is 0 Å². The second kappa shape index (κ2) is 55.1. The predicted octanol–water partition coefficient (Wildman–Crippen LogP) is -0.0420. The van der Waals surface area contributed by atoms with Crippen LogP contribution in [0.25, 0.3) is 0 Å². The number of halogens is 2. The van der Waals surface area contributed by atoms with E-state index in [1.807, 2.05) is 0 Å². The van der Waals surface area contributed by atoms with Crippen molar-refractivity contribution in [3.63, 3.8) is 0 Å². The van der Waals surface area contributed by atoms with Gasteiger partial charge in [0.2, 0.25) is 0 Å². The minimum atomic E-state index is -1.50. The molecule has 0 spiro atoms. The average molecular weight is 1740 g/mol. The fourth-order valence-electron chi connectivity index (χ4n) is 10.1. The third kappa shape index (κ3) is 36.8. The Hall–Kier alpha value is -12.3. The molecular formula is C69H98Br2N12O30. The molecule has 0 atom stereocenters. The van der Waals surface area contributed by atoms with Crippen LogP contribution in [0, 0.1) is 0 Å². The second-order valence-electron chi connectivity index (χ2n) is 22.0. The monoisotopic (exact) mass is 1730 g/mol. The van der Waals surface area contributed by atoms with Crippen molar-refractivity contribution < 1.29 is 189 Å². The summed E-state index contributed by atoms with van der Waals surface area (Å²) in [6, 6.07) is 24.5. The topological polar surface area (TPSA) is 823 Å². The first-order chi connectivity index (χ1) is 48.2. The second-order valence-corrected chi connectivity index (χ2v) is 22.0. The highest BCUT2D eigenvalue weighted by atomic mass is 79.9. The number of benzene rings is 5.